The summed E-state index contributed by atoms with van der Waals surface area (Å²) in [6.45, 7) is 6.36. The molecule has 1 saturated heterocycles. The van der Waals surface area contributed by atoms with E-state index in [0.717, 1.165) is 44.0 Å². The van der Waals surface area contributed by atoms with Crippen LogP contribution in [0, 0.1) is 5.92 Å². The smallest absolute Gasteiger partial charge is 0.0974 e. The molecule has 142 valence electrons. The largest absolute Gasteiger partial charge is 0.384 e. The highest BCUT2D eigenvalue weighted by Crippen LogP contribution is 2.35. The Morgan fingerprint density at radius 1 is 1.08 bits per heavy atom. The van der Waals surface area contributed by atoms with Gasteiger partial charge in [0.25, 0.3) is 0 Å². The van der Waals surface area contributed by atoms with Crippen molar-refractivity contribution in [3.63, 3.8) is 0 Å². The highest BCUT2D eigenvalue weighted by Gasteiger charge is 2.37. The van der Waals surface area contributed by atoms with Crippen LogP contribution in [0.4, 0.5) is 0 Å². The molecule has 1 heterocycles. The molecule has 0 saturated carbocycles. The molecule has 2 aromatic rings. The molecule has 26 heavy (non-hydrogen) atoms. The van der Waals surface area contributed by atoms with E-state index in [1.807, 2.05) is 42.5 Å². The van der Waals surface area contributed by atoms with Gasteiger partial charge < -0.3 is 9.84 Å². The lowest BCUT2D eigenvalue weighted by Crippen LogP contribution is -2.46. The van der Waals surface area contributed by atoms with E-state index in [1.165, 1.54) is 0 Å². The van der Waals surface area contributed by atoms with Crippen molar-refractivity contribution in [2.75, 3.05) is 32.8 Å². The predicted octanol–water partition coefficient (Wildman–Crippen LogP) is 4.16. The predicted molar refractivity (Wildman–Crippen MR) is 109 cm³/mol. The molecule has 3 rings (SSSR count). The molecule has 2 atom stereocenters. The Hall–Kier alpha value is -1.10. The van der Waals surface area contributed by atoms with Crippen molar-refractivity contribution < 1.29 is 9.84 Å². The van der Waals surface area contributed by atoms with Crippen LogP contribution < -0.4 is 0 Å². The summed E-state index contributed by atoms with van der Waals surface area (Å²) in [7, 11) is 0. The molecule has 1 fully saturated rings. The Labute approximate surface area is 167 Å². The van der Waals surface area contributed by atoms with Crippen molar-refractivity contribution in [2.45, 2.75) is 18.9 Å². The fourth-order valence-electron chi connectivity index (χ4n) is 3.53. The van der Waals surface area contributed by atoms with E-state index < -0.39 is 5.60 Å². The summed E-state index contributed by atoms with van der Waals surface area (Å²) in [5, 5.41) is 12.4. The monoisotopic (exact) mass is 395 g/mol. The summed E-state index contributed by atoms with van der Waals surface area (Å²) in [6.07, 6.45) is 0.584. The van der Waals surface area contributed by atoms with Gasteiger partial charge in [-0.3, -0.25) is 4.90 Å². The third-order valence-electron chi connectivity index (χ3n) is 5.11. The molecule has 1 N–H and O–H groups in total. The summed E-state index contributed by atoms with van der Waals surface area (Å²) in [4.78, 5) is 2.38. The van der Waals surface area contributed by atoms with Crippen molar-refractivity contribution in [3.8, 4) is 0 Å². The van der Waals surface area contributed by atoms with E-state index in [1.54, 1.807) is 0 Å². The Kier molecular flexibility index (Phi) is 7.93. The summed E-state index contributed by atoms with van der Waals surface area (Å²) in [6, 6.07) is 17.8. The average molecular weight is 396 g/mol. The Morgan fingerprint density at radius 2 is 1.69 bits per heavy atom. The minimum Gasteiger partial charge on any atom is -0.384 e. The van der Waals surface area contributed by atoms with E-state index in [0.29, 0.717) is 11.4 Å². The van der Waals surface area contributed by atoms with Gasteiger partial charge in [-0.2, -0.15) is 0 Å². The summed E-state index contributed by atoms with van der Waals surface area (Å²) in [5.41, 5.74) is 1.11. The lowest BCUT2D eigenvalue weighted by Gasteiger charge is -2.39. The maximum absolute atomic E-state index is 11.7. The van der Waals surface area contributed by atoms with E-state index in [4.69, 9.17) is 16.3 Å². The number of benzene rings is 2. The topological polar surface area (TPSA) is 32.7 Å². The van der Waals surface area contributed by atoms with Gasteiger partial charge in [0.1, 0.15) is 0 Å². The third kappa shape index (κ3) is 5.21. The minimum atomic E-state index is -0.940. The first-order valence-corrected chi connectivity index (χ1v) is 9.28. The number of morpholine rings is 1. The van der Waals surface area contributed by atoms with Crippen molar-refractivity contribution >= 4 is 24.0 Å². The van der Waals surface area contributed by atoms with E-state index in [-0.39, 0.29) is 18.3 Å². The van der Waals surface area contributed by atoms with E-state index in [9.17, 15) is 5.11 Å². The number of aliphatic hydroxyl groups is 1. The Bertz CT molecular complexity index is 659. The Morgan fingerprint density at radius 3 is 2.31 bits per heavy atom. The molecule has 0 amide bonds. The molecule has 1 aliphatic rings. The van der Waals surface area contributed by atoms with Crippen LogP contribution in [0.1, 0.15) is 18.1 Å². The third-order valence-corrected chi connectivity index (χ3v) is 5.36. The van der Waals surface area contributed by atoms with Gasteiger partial charge in [0.05, 0.1) is 18.8 Å². The van der Waals surface area contributed by atoms with Gasteiger partial charge >= 0.3 is 0 Å². The van der Waals surface area contributed by atoms with Crippen molar-refractivity contribution in [3.05, 3.63) is 70.7 Å². The van der Waals surface area contributed by atoms with Crippen LogP contribution in [0.25, 0.3) is 0 Å². The molecule has 0 aliphatic carbocycles. The standard InChI is InChI=1S/C21H26ClNO2.ClH/c1-17(16-23-11-13-25-14-12-23)21(24,15-18-5-3-2-4-6-18)19-7-9-20(22)10-8-19;/h2-10,17,24H,11-16H2,1H3;1H. The van der Waals surface area contributed by atoms with Gasteiger partial charge in [-0.25, -0.2) is 0 Å². The Balaban J connectivity index is 0.00000243. The first-order chi connectivity index (χ1) is 12.1. The van der Waals surface area contributed by atoms with Crippen LogP contribution in [0.5, 0.6) is 0 Å². The normalized spacial score (nSPS) is 18.6. The molecule has 5 heteroatoms. The van der Waals surface area contributed by atoms with Gasteiger partial charge in [0.15, 0.2) is 0 Å². The molecular weight excluding hydrogens is 369 g/mol. The minimum absolute atomic E-state index is 0. The fourth-order valence-corrected chi connectivity index (χ4v) is 3.65. The number of hydrogen-bond donors (Lipinski definition) is 1. The molecule has 2 unspecified atom stereocenters. The van der Waals surface area contributed by atoms with E-state index >= 15 is 0 Å². The van der Waals surface area contributed by atoms with Crippen LogP contribution in [0.3, 0.4) is 0 Å². The summed E-state index contributed by atoms with van der Waals surface area (Å²) >= 11 is 6.05. The van der Waals surface area contributed by atoms with E-state index in [2.05, 4.69) is 24.0 Å². The average Bonchev–Trinajstić information content (AvgIpc) is 2.64. The maximum atomic E-state index is 11.7. The quantitative estimate of drug-likeness (QED) is 0.796. The molecule has 0 bridgehead atoms. The number of rotatable bonds is 6. The van der Waals surface area contributed by atoms with Crippen LogP contribution in [-0.4, -0.2) is 42.9 Å². The molecule has 0 radical (unpaired) electrons. The van der Waals surface area contributed by atoms with Crippen LogP contribution in [0.2, 0.25) is 5.02 Å². The van der Waals surface area contributed by atoms with Crippen molar-refractivity contribution in [1.82, 2.24) is 4.90 Å². The maximum Gasteiger partial charge on any atom is 0.0974 e. The zero-order valence-corrected chi connectivity index (χ0v) is 16.7. The second kappa shape index (κ2) is 9.72. The molecule has 3 nitrogen and oxygen atoms in total. The molecule has 1 aliphatic heterocycles. The zero-order valence-electron chi connectivity index (χ0n) is 15.1. The van der Waals surface area contributed by atoms with Crippen LogP contribution in [-0.2, 0) is 16.8 Å². The lowest BCUT2D eigenvalue weighted by molar-refractivity contribution is -0.0437. The summed E-state index contributed by atoms with van der Waals surface area (Å²) in [5.74, 6) is 0.0759. The SMILES string of the molecule is CC(CN1CCOCC1)C(O)(Cc1ccccc1)c1ccc(Cl)cc1.Cl. The van der Waals surface area contributed by atoms with Crippen molar-refractivity contribution in [2.24, 2.45) is 5.92 Å². The second-order valence-corrected chi connectivity index (χ2v) is 7.34. The molecule has 0 spiro atoms. The lowest BCUT2D eigenvalue weighted by atomic mass is 9.77. The fraction of sp³-hybridized carbons (Fsp3) is 0.429. The highest BCUT2D eigenvalue weighted by atomic mass is 35.5. The molecule has 0 aromatic heterocycles. The van der Waals surface area contributed by atoms with Gasteiger partial charge in [-0.15, -0.1) is 12.4 Å². The number of ether oxygens (including phenoxy) is 1. The highest BCUT2D eigenvalue weighted by molar-refractivity contribution is 6.30. The van der Waals surface area contributed by atoms with Gasteiger partial charge in [-0.05, 0) is 23.3 Å². The van der Waals surface area contributed by atoms with Gasteiger partial charge in [0, 0.05) is 37.0 Å². The van der Waals surface area contributed by atoms with Crippen LogP contribution >= 0.6 is 24.0 Å². The van der Waals surface area contributed by atoms with Gasteiger partial charge in [-0.1, -0.05) is 61.0 Å². The zero-order chi connectivity index (χ0) is 17.7. The molecule has 2 aromatic carbocycles. The van der Waals surface area contributed by atoms with Crippen LogP contribution in [0.15, 0.2) is 54.6 Å². The number of hydrogen-bond acceptors (Lipinski definition) is 3. The van der Waals surface area contributed by atoms with Gasteiger partial charge in [0.2, 0.25) is 0 Å². The first-order valence-electron chi connectivity index (χ1n) is 8.90. The van der Waals surface area contributed by atoms with Crippen molar-refractivity contribution in [1.29, 1.82) is 0 Å². The number of halogens is 2. The second-order valence-electron chi connectivity index (χ2n) is 6.91. The molecular formula is C21H27Cl2NO2. The number of nitrogens with zero attached hydrogens (tertiary/aromatic N) is 1. The summed E-state index contributed by atoms with van der Waals surface area (Å²) < 4.78 is 5.44. The first kappa shape index (κ1) is 21.2.